The fourth-order valence-corrected chi connectivity index (χ4v) is 3.19. The van der Waals surface area contributed by atoms with Gasteiger partial charge in [0.1, 0.15) is 5.76 Å². The van der Waals surface area contributed by atoms with Gasteiger partial charge in [0, 0.05) is 23.5 Å². The van der Waals surface area contributed by atoms with Gasteiger partial charge in [0.15, 0.2) is 0 Å². The molecule has 0 saturated heterocycles. The molecule has 0 saturated carbocycles. The van der Waals surface area contributed by atoms with Gasteiger partial charge in [0.2, 0.25) is 0 Å². The molecule has 2 heterocycles. The summed E-state index contributed by atoms with van der Waals surface area (Å²) in [7, 11) is 2.13. The summed E-state index contributed by atoms with van der Waals surface area (Å²) in [5, 5.41) is 0. The molecule has 2 aromatic heterocycles. The van der Waals surface area contributed by atoms with E-state index in [1.54, 1.807) is 17.6 Å². The van der Waals surface area contributed by atoms with Crippen molar-refractivity contribution < 1.29 is 4.42 Å². The minimum absolute atomic E-state index is 0.928. The van der Waals surface area contributed by atoms with Crippen molar-refractivity contribution >= 4 is 27.3 Å². The lowest BCUT2D eigenvalue weighted by Crippen LogP contribution is -2.16. The lowest BCUT2D eigenvalue weighted by Gasteiger charge is -2.14. The van der Waals surface area contributed by atoms with E-state index in [0.717, 1.165) is 18.8 Å². The first-order valence-electron chi connectivity index (χ1n) is 5.11. The number of thiophene rings is 1. The molecular weight excluding hydrogens is 286 g/mol. The van der Waals surface area contributed by atoms with Crippen LogP contribution in [0.5, 0.6) is 0 Å². The predicted octanol–water partition coefficient (Wildman–Crippen LogP) is 4.04. The Kier molecular flexibility index (Phi) is 3.84. The van der Waals surface area contributed by atoms with Crippen molar-refractivity contribution in [3.05, 3.63) is 44.4 Å². The molecule has 2 rings (SSSR count). The predicted molar refractivity (Wildman–Crippen MR) is 70.6 cm³/mol. The number of hydrogen-bond donors (Lipinski definition) is 0. The van der Waals surface area contributed by atoms with Crippen molar-refractivity contribution in [1.29, 1.82) is 0 Å². The summed E-state index contributed by atoms with van der Waals surface area (Å²) < 4.78 is 6.48. The van der Waals surface area contributed by atoms with Crippen LogP contribution in [0.15, 0.2) is 32.7 Å². The van der Waals surface area contributed by atoms with Gasteiger partial charge in [-0.1, -0.05) is 0 Å². The monoisotopic (exact) mass is 299 g/mol. The second kappa shape index (κ2) is 5.17. The molecule has 0 spiro atoms. The minimum atomic E-state index is 0.928. The van der Waals surface area contributed by atoms with Crippen molar-refractivity contribution in [2.45, 2.75) is 20.0 Å². The summed E-state index contributed by atoms with van der Waals surface area (Å²) in [5.74, 6) is 1.01. The summed E-state index contributed by atoms with van der Waals surface area (Å²) in [4.78, 5) is 3.66. The number of halogens is 1. The van der Waals surface area contributed by atoms with Gasteiger partial charge in [-0.2, -0.15) is 0 Å². The van der Waals surface area contributed by atoms with Crippen LogP contribution >= 0.6 is 27.3 Å². The third-order valence-corrected chi connectivity index (χ3v) is 4.07. The van der Waals surface area contributed by atoms with E-state index in [9.17, 15) is 0 Å². The van der Waals surface area contributed by atoms with Crippen LogP contribution in [0.2, 0.25) is 0 Å². The molecule has 0 atom stereocenters. The Bertz CT molecular complexity index is 463. The Morgan fingerprint density at radius 2 is 2.12 bits per heavy atom. The zero-order chi connectivity index (χ0) is 11.5. The molecule has 0 aliphatic heterocycles. The Labute approximate surface area is 108 Å². The molecule has 0 fully saturated rings. The van der Waals surface area contributed by atoms with Crippen LogP contribution < -0.4 is 0 Å². The summed E-state index contributed by atoms with van der Waals surface area (Å²) in [5.41, 5.74) is 1.26. The second-order valence-corrected chi connectivity index (χ2v) is 6.43. The van der Waals surface area contributed by atoms with Gasteiger partial charge in [-0.15, -0.1) is 11.3 Å². The van der Waals surface area contributed by atoms with Gasteiger partial charge in [-0.05, 0) is 48.1 Å². The Morgan fingerprint density at radius 1 is 1.31 bits per heavy atom. The van der Waals surface area contributed by atoms with Crippen LogP contribution in [0.25, 0.3) is 0 Å². The maximum atomic E-state index is 5.29. The maximum Gasteiger partial charge on any atom is 0.105 e. The zero-order valence-electron chi connectivity index (χ0n) is 9.37. The van der Waals surface area contributed by atoms with Crippen LogP contribution in [0.4, 0.5) is 0 Å². The normalized spacial score (nSPS) is 11.2. The van der Waals surface area contributed by atoms with Crippen molar-refractivity contribution in [1.82, 2.24) is 4.90 Å². The summed E-state index contributed by atoms with van der Waals surface area (Å²) in [6.45, 7) is 3.91. The van der Waals surface area contributed by atoms with E-state index >= 15 is 0 Å². The lowest BCUT2D eigenvalue weighted by molar-refractivity contribution is 0.319. The molecular formula is C12H14BrNOS. The van der Waals surface area contributed by atoms with Crippen LogP contribution in [-0.2, 0) is 13.1 Å². The van der Waals surface area contributed by atoms with E-state index in [4.69, 9.17) is 4.42 Å². The molecule has 0 aliphatic rings. The van der Waals surface area contributed by atoms with Crippen molar-refractivity contribution in [3.63, 3.8) is 0 Å². The number of rotatable bonds is 4. The molecule has 0 N–H and O–H groups in total. The standard InChI is InChI=1S/C12H14BrNOS/c1-9-10(5-6-15-9)7-14(2)8-11-3-4-12(13)16-11/h3-6H,7-8H2,1-2H3. The second-order valence-electron chi connectivity index (χ2n) is 3.88. The topological polar surface area (TPSA) is 16.4 Å². The van der Waals surface area contributed by atoms with Gasteiger partial charge < -0.3 is 4.42 Å². The van der Waals surface area contributed by atoms with Gasteiger partial charge in [0.05, 0.1) is 10.0 Å². The molecule has 0 radical (unpaired) electrons. The van der Waals surface area contributed by atoms with Crippen molar-refractivity contribution in [2.75, 3.05) is 7.05 Å². The molecule has 4 heteroatoms. The highest BCUT2D eigenvalue weighted by Gasteiger charge is 2.07. The van der Waals surface area contributed by atoms with Crippen molar-refractivity contribution in [2.24, 2.45) is 0 Å². The molecule has 0 aromatic carbocycles. The first-order valence-corrected chi connectivity index (χ1v) is 6.72. The number of aryl methyl sites for hydroxylation is 1. The van der Waals surface area contributed by atoms with Gasteiger partial charge in [-0.25, -0.2) is 0 Å². The number of hydrogen-bond acceptors (Lipinski definition) is 3. The average Bonchev–Trinajstić information content (AvgIpc) is 2.77. The highest BCUT2D eigenvalue weighted by atomic mass is 79.9. The molecule has 2 nitrogen and oxygen atoms in total. The smallest absolute Gasteiger partial charge is 0.105 e. The first-order chi connectivity index (χ1) is 7.65. The Morgan fingerprint density at radius 3 is 2.69 bits per heavy atom. The van der Waals surface area contributed by atoms with Crippen LogP contribution in [0, 0.1) is 6.92 Å². The fraction of sp³-hybridized carbons (Fsp3) is 0.333. The molecule has 0 amide bonds. The van der Waals surface area contributed by atoms with Gasteiger partial charge in [-0.3, -0.25) is 4.90 Å². The van der Waals surface area contributed by atoms with E-state index < -0.39 is 0 Å². The Balaban J connectivity index is 1.94. The van der Waals surface area contributed by atoms with E-state index in [2.05, 4.69) is 40.0 Å². The molecule has 0 aliphatic carbocycles. The largest absolute Gasteiger partial charge is 0.469 e. The first kappa shape index (κ1) is 11.9. The quantitative estimate of drug-likeness (QED) is 0.847. The third-order valence-electron chi connectivity index (χ3n) is 2.46. The summed E-state index contributed by atoms with van der Waals surface area (Å²) in [6.07, 6.45) is 1.75. The van der Waals surface area contributed by atoms with Crippen molar-refractivity contribution in [3.8, 4) is 0 Å². The van der Waals surface area contributed by atoms with Crippen LogP contribution in [0.1, 0.15) is 16.2 Å². The van der Waals surface area contributed by atoms with Crippen LogP contribution in [0.3, 0.4) is 0 Å². The van der Waals surface area contributed by atoms with Crippen LogP contribution in [-0.4, -0.2) is 11.9 Å². The van der Waals surface area contributed by atoms with E-state index in [1.807, 2.05) is 13.0 Å². The molecule has 2 aromatic rings. The van der Waals surface area contributed by atoms with Gasteiger partial charge >= 0.3 is 0 Å². The summed E-state index contributed by atoms with van der Waals surface area (Å²) in [6, 6.07) is 6.29. The molecule has 16 heavy (non-hydrogen) atoms. The molecule has 0 bridgehead atoms. The molecule has 0 unspecified atom stereocenters. The average molecular weight is 300 g/mol. The zero-order valence-corrected chi connectivity index (χ0v) is 11.8. The maximum absolute atomic E-state index is 5.29. The fourth-order valence-electron chi connectivity index (χ4n) is 1.62. The highest BCUT2D eigenvalue weighted by molar-refractivity contribution is 9.11. The van der Waals surface area contributed by atoms with E-state index in [1.165, 1.54) is 14.2 Å². The van der Waals surface area contributed by atoms with E-state index in [-0.39, 0.29) is 0 Å². The van der Waals surface area contributed by atoms with E-state index in [0.29, 0.717) is 0 Å². The third kappa shape index (κ3) is 2.97. The summed E-state index contributed by atoms with van der Waals surface area (Å²) >= 11 is 5.26. The van der Waals surface area contributed by atoms with Gasteiger partial charge in [0.25, 0.3) is 0 Å². The minimum Gasteiger partial charge on any atom is -0.469 e. The number of nitrogens with zero attached hydrogens (tertiary/aromatic N) is 1. The number of furan rings is 1. The molecule has 86 valence electrons. The lowest BCUT2D eigenvalue weighted by atomic mass is 10.2. The SMILES string of the molecule is Cc1occc1CN(C)Cc1ccc(Br)s1. The Hall–Kier alpha value is -0.580. The highest BCUT2D eigenvalue weighted by Crippen LogP contribution is 2.23.